The van der Waals surface area contributed by atoms with E-state index < -0.39 is 0 Å². The first-order valence-corrected chi connectivity index (χ1v) is 10.5. The van der Waals surface area contributed by atoms with Crippen molar-refractivity contribution >= 4 is 22.5 Å². The molecule has 0 aliphatic rings. The Hall–Kier alpha value is -3.99. The number of amides is 1. The SMILES string of the molecule is CC(=NNC(=O)c1ccc(COc2cccc3cccnc23)cc1)c1ccc(C)c(C)c1. The molecule has 0 atom stereocenters. The van der Waals surface area contributed by atoms with Gasteiger partial charge in [-0.2, -0.15) is 5.10 Å². The number of rotatable bonds is 6. The van der Waals surface area contributed by atoms with Gasteiger partial charge in [-0.1, -0.05) is 42.5 Å². The van der Waals surface area contributed by atoms with Gasteiger partial charge in [0.1, 0.15) is 17.9 Å². The van der Waals surface area contributed by atoms with E-state index in [1.165, 1.54) is 11.1 Å². The fourth-order valence-electron chi connectivity index (χ4n) is 3.34. The molecule has 0 aliphatic heterocycles. The van der Waals surface area contributed by atoms with Crippen molar-refractivity contribution in [3.8, 4) is 5.75 Å². The van der Waals surface area contributed by atoms with Gasteiger partial charge in [0.2, 0.25) is 0 Å². The number of benzene rings is 3. The summed E-state index contributed by atoms with van der Waals surface area (Å²) >= 11 is 0. The monoisotopic (exact) mass is 423 g/mol. The molecule has 0 saturated heterocycles. The molecule has 0 unspecified atom stereocenters. The van der Waals surface area contributed by atoms with Crippen LogP contribution in [-0.4, -0.2) is 16.6 Å². The van der Waals surface area contributed by atoms with E-state index in [1.54, 1.807) is 18.3 Å². The van der Waals surface area contributed by atoms with Crippen molar-refractivity contribution in [3.05, 3.63) is 107 Å². The molecule has 1 N–H and O–H groups in total. The number of ether oxygens (including phenoxy) is 1. The lowest BCUT2D eigenvalue weighted by atomic mass is 10.0. The molecule has 5 nitrogen and oxygen atoms in total. The van der Waals surface area contributed by atoms with Crippen LogP contribution in [0.25, 0.3) is 10.9 Å². The Morgan fingerprint density at radius 1 is 0.938 bits per heavy atom. The van der Waals surface area contributed by atoms with E-state index in [-0.39, 0.29) is 5.91 Å². The largest absolute Gasteiger partial charge is 0.487 e. The predicted octanol–water partition coefficient (Wildman–Crippen LogP) is 5.58. The maximum Gasteiger partial charge on any atom is 0.271 e. The third-order valence-electron chi connectivity index (χ3n) is 5.46. The number of aryl methyl sites for hydroxylation is 2. The number of carbonyl (C=O) groups is 1. The number of hydrogen-bond donors (Lipinski definition) is 1. The highest BCUT2D eigenvalue weighted by Gasteiger charge is 2.07. The van der Waals surface area contributed by atoms with Crippen molar-refractivity contribution < 1.29 is 9.53 Å². The van der Waals surface area contributed by atoms with Gasteiger partial charge in [-0.3, -0.25) is 9.78 Å². The van der Waals surface area contributed by atoms with E-state index >= 15 is 0 Å². The number of carbonyl (C=O) groups excluding carboxylic acids is 1. The van der Waals surface area contributed by atoms with Crippen LogP contribution in [0.5, 0.6) is 5.75 Å². The Labute approximate surface area is 187 Å². The molecule has 0 bridgehead atoms. The van der Waals surface area contributed by atoms with E-state index in [0.717, 1.165) is 33.5 Å². The van der Waals surface area contributed by atoms with Crippen LogP contribution in [0.15, 0.2) is 84.1 Å². The second-order valence-electron chi connectivity index (χ2n) is 7.75. The van der Waals surface area contributed by atoms with Crippen LogP contribution < -0.4 is 10.2 Å². The van der Waals surface area contributed by atoms with Crippen LogP contribution in [0.3, 0.4) is 0 Å². The molecule has 0 radical (unpaired) electrons. The quantitative estimate of drug-likeness (QED) is 0.325. The first-order valence-electron chi connectivity index (χ1n) is 10.5. The average Bonchev–Trinajstić information content (AvgIpc) is 2.83. The third-order valence-corrected chi connectivity index (χ3v) is 5.46. The topological polar surface area (TPSA) is 63.6 Å². The van der Waals surface area contributed by atoms with Crippen molar-refractivity contribution in [2.24, 2.45) is 5.10 Å². The molecule has 5 heteroatoms. The van der Waals surface area contributed by atoms with Crippen LogP contribution in [-0.2, 0) is 6.61 Å². The van der Waals surface area contributed by atoms with Gasteiger partial charge in [-0.25, -0.2) is 5.43 Å². The normalized spacial score (nSPS) is 11.4. The zero-order chi connectivity index (χ0) is 22.5. The highest BCUT2D eigenvalue weighted by Crippen LogP contribution is 2.24. The van der Waals surface area contributed by atoms with E-state index in [4.69, 9.17) is 4.74 Å². The molecule has 0 saturated carbocycles. The Kier molecular flexibility index (Phi) is 6.26. The van der Waals surface area contributed by atoms with Crippen LogP contribution in [0.2, 0.25) is 0 Å². The Morgan fingerprint density at radius 2 is 1.69 bits per heavy atom. The smallest absolute Gasteiger partial charge is 0.271 e. The van der Waals surface area contributed by atoms with Gasteiger partial charge in [0, 0.05) is 17.1 Å². The first-order chi connectivity index (χ1) is 15.5. The first kappa shape index (κ1) is 21.2. The zero-order valence-corrected chi connectivity index (χ0v) is 18.4. The highest BCUT2D eigenvalue weighted by atomic mass is 16.5. The fraction of sp³-hybridized carbons (Fsp3) is 0.148. The molecular weight excluding hydrogens is 398 g/mol. The number of pyridine rings is 1. The maximum absolute atomic E-state index is 12.5. The third kappa shape index (κ3) is 4.83. The minimum absolute atomic E-state index is 0.251. The van der Waals surface area contributed by atoms with E-state index in [1.807, 2.05) is 55.5 Å². The lowest BCUT2D eigenvalue weighted by Crippen LogP contribution is -2.19. The molecule has 160 valence electrons. The number of hydrazone groups is 1. The van der Waals surface area contributed by atoms with Gasteiger partial charge in [0.25, 0.3) is 5.91 Å². The summed E-state index contributed by atoms with van der Waals surface area (Å²) in [6.07, 6.45) is 1.76. The van der Waals surface area contributed by atoms with Gasteiger partial charge < -0.3 is 4.74 Å². The van der Waals surface area contributed by atoms with Crippen LogP contribution >= 0.6 is 0 Å². The van der Waals surface area contributed by atoms with Gasteiger partial charge in [-0.15, -0.1) is 0 Å². The van der Waals surface area contributed by atoms with Crippen LogP contribution in [0.4, 0.5) is 0 Å². The van der Waals surface area contributed by atoms with Crippen molar-refractivity contribution in [1.82, 2.24) is 10.4 Å². The molecule has 1 amide bonds. The highest BCUT2D eigenvalue weighted by molar-refractivity contribution is 6.01. The number of hydrogen-bond acceptors (Lipinski definition) is 4. The van der Waals surface area contributed by atoms with Gasteiger partial charge >= 0.3 is 0 Å². The summed E-state index contributed by atoms with van der Waals surface area (Å²) < 4.78 is 5.97. The number of fused-ring (bicyclic) bond motifs is 1. The number of nitrogens with one attached hydrogen (secondary N) is 1. The minimum Gasteiger partial charge on any atom is -0.487 e. The molecule has 4 aromatic rings. The van der Waals surface area contributed by atoms with E-state index in [9.17, 15) is 4.79 Å². The number of aromatic nitrogens is 1. The Balaban J connectivity index is 1.38. The lowest BCUT2D eigenvalue weighted by molar-refractivity contribution is 0.0955. The second-order valence-corrected chi connectivity index (χ2v) is 7.75. The molecule has 3 aromatic carbocycles. The van der Waals surface area contributed by atoms with Crippen molar-refractivity contribution in [2.75, 3.05) is 0 Å². The number of nitrogens with zero attached hydrogens (tertiary/aromatic N) is 2. The summed E-state index contributed by atoms with van der Waals surface area (Å²) in [4.78, 5) is 16.9. The van der Waals surface area contributed by atoms with Crippen molar-refractivity contribution in [1.29, 1.82) is 0 Å². The Bertz CT molecular complexity index is 1290. The molecule has 0 aliphatic carbocycles. The van der Waals surface area contributed by atoms with Gasteiger partial charge in [0.15, 0.2) is 0 Å². The van der Waals surface area contributed by atoms with E-state index in [0.29, 0.717) is 12.2 Å². The molecule has 32 heavy (non-hydrogen) atoms. The molecular formula is C27H25N3O2. The second kappa shape index (κ2) is 9.43. The van der Waals surface area contributed by atoms with Crippen molar-refractivity contribution in [2.45, 2.75) is 27.4 Å². The summed E-state index contributed by atoms with van der Waals surface area (Å²) in [5, 5.41) is 5.29. The number of para-hydroxylation sites is 1. The summed E-state index contributed by atoms with van der Waals surface area (Å²) in [6, 6.07) is 23.2. The Morgan fingerprint density at radius 3 is 2.47 bits per heavy atom. The average molecular weight is 424 g/mol. The van der Waals surface area contributed by atoms with Crippen LogP contribution in [0.1, 0.15) is 39.5 Å². The summed E-state index contributed by atoms with van der Waals surface area (Å²) in [5.74, 6) is 0.486. The predicted molar refractivity (Wildman–Crippen MR) is 128 cm³/mol. The van der Waals surface area contributed by atoms with Crippen LogP contribution in [0, 0.1) is 13.8 Å². The minimum atomic E-state index is -0.251. The molecule has 0 fully saturated rings. The summed E-state index contributed by atoms with van der Waals surface area (Å²) in [5.41, 5.74) is 9.15. The molecule has 0 spiro atoms. The van der Waals surface area contributed by atoms with Crippen molar-refractivity contribution in [3.63, 3.8) is 0 Å². The summed E-state index contributed by atoms with van der Waals surface area (Å²) in [6.45, 7) is 6.41. The maximum atomic E-state index is 12.5. The van der Waals surface area contributed by atoms with Gasteiger partial charge in [-0.05, 0) is 73.4 Å². The standard InChI is InChI=1S/C27H25N3O2/c1-18-9-12-24(16-19(18)2)20(3)29-30-27(31)23-13-10-21(11-14-23)17-32-25-8-4-6-22-7-5-15-28-26(22)25/h4-16H,17H2,1-3H3,(H,30,31). The van der Waals surface area contributed by atoms with Gasteiger partial charge in [0.05, 0.1) is 5.71 Å². The molecule has 1 heterocycles. The lowest BCUT2D eigenvalue weighted by Gasteiger charge is -2.09. The summed E-state index contributed by atoms with van der Waals surface area (Å²) in [7, 11) is 0. The molecule has 4 rings (SSSR count). The fourth-order valence-corrected chi connectivity index (χ4v) is 3.34. The zero-order valence-electron chi connectivity index (χ0n) is 18.4. The van der Waals surface area contributed by atoms with E-state index in [2.05, 4.69) is 41.5 Å². The molecule has 1 aromatic heterocycles.